The van der Waals surface area contributed by atoms with Crippen LogP contribution in [-0.2, 0) is 13.6 Å². The van der Waals surface area contributed by atoms with Crippen LogP contribution in [0.15, 0.2) is 6.33 Å². The van der Waals surface area contributed by atoms with E-state index in [9.17, 15) is 0 Å². The Hall–Kier alpha value is -0.900. The van der Waals surface area contributed by atoms with Crippen molar-refractivity contribution in [3.63, 3.8) is 0 Å². The molecule has 1 unspecified atom stereocenters. The fourth-order valence-electron chi connectivity index (χ4n) is 1.42. The van der Waals surface area contributed by atoms with Crippen molar-refractivity contribution >= 4 is 0 Å². The largest absolute Gasteiger partial charge is 0.320 e. The van der Waals surface area contributed by atoms with E-state index in [0.29, 0.717) is 6.04 Å². The molecule has 1 heterocycles. The van der Waals surface area contributed by atoms with Gasteiger partial charge in [-0.3, -0.25) is 0 Å². The van der Waals surface area contributed by atoms with Gasteiger partial charge in [0.05, 0.1) is 6.54 Å². The Morgan fingerprint density at radius 2 is 2.07 bits per heavy atom. The van der Waals surface area contributed by atoms with Gasteiger partial charge >= 0.3 is 0 Å². The van der Waals surface area contributed by atoms with Gasteiger partial charge in [-0.1, -0.05) is 13.8 Å². The molecule has 0 radical (unpaired) electrons. The number of nitrogens with one attached hydrogen (secondary N) is 1. The predicted molar refractivity (Wildman–Crippen MR) is 61.4 cm³/mol. The lowest BCUT2D eigenvalue weighted by Gasteiger charge is -2.14. The zero-order valence-corrected chi connectivity index (χ0v) is 10.2. The molecule has 0 spiro atoms. The average molecular weight is 210 g/mol. The van der Waals surface area contributed by atoms with E-state index in [4.69, 9.17) is 0 Å². The maximum atomic E-state index is 4.03. The molecule has 0 saturated carbocycles. The molecule has 0 aliphatic carbocycles. The van der Waals surface area contributed by atoms with Crippen LogP contribution in [0, 0.1) is 5.92 Å². The molecule has 0 saturated heterocycles. The number of hydrogen-bond acceptors (Lipinski definition) is 3. The Morgan fingerprint density at radius 3 is 2.60 bits per heavy atom. The van der Waals surface area contributed by atoms with Crippen LogP contribution >= 0.6 is 0 Å². The van der Waals surface area contributed by atoms with E-state index in [0.717, 1.165) is 18.3 Å². The third kappa shape index (κ3) is 4.42. The summed E-state index contributed by atoms with van der Waals surface area (Å²) in [6.45, 7) is 7.54. The molecule has 4 nitrogen and oxygen atoms in total. The lowest BCUT2D eigenvalue weighted by Crippen LogP contribution is -2.27. The van der Waals surface area contributed by atoms with Gasteiger partial charge in [0.15, 0.2) is 0 Å². The summed E-state index contributed by atoms with van der Waals surface area (Å²) in [5, 5.41) is 11.3. The lowest BCUT2D eigenvalue weighted by atomic mass is 10.0. The predicted octanol–water partition coefficient (Wildman–Crippen LogP) is 1.73. The van der Waals surface area contributed by atoms with Gasteiger partial charge in [-0.2, -0.15) is 0 Å². The van der Waals surface area contributed by atoms with Gasteiger partial charge in [0.1, 0.15) is 12.2 Å². The summed E-state index contributed by atoms with van der Waals surface area (Å²) in [6, 6.07) is 0.545. The molecule has 1 atom stereocenters. The normalized spacial score (nSPS) is 13.4. The van der Waals surface area contributed by atoms with Crippen LogP contribution < -0.4 is 5.32 Å². The number of hydrogen-bond donors (Lipinski definition) is 1. The standard InChI is InChI=1S/C11H22N4/c1-9(2)5-6-10(3)12-7-11-14-13-8-15(11)4/h8-10,12H,5-7H2,1-4H3. The van der Waals surface area contributed by atoms with Gasteiger partial charge in [0, 0.05) is 13.1 Å². The second kappa shape index (κ2) is 5.85. The van der Waals surface area contributed by atoms with Crippen LogP contribution in [0.2, 0.25) is 0 Å². The van der Waals surface area contributed by atoms with Crippen LogP contribution in [0.3, 0.4) is 0 Å². The average Bonchev–Trinajstić information content (AvgIpc) is 2.58. The Labute approximate surface area is 92.1 Å². The van der Waals surface area contributed by atoms with Gasteiger partial charge in [0.2, 0.25) is 0 Å². The summed E-state index contributed by atoms with van der Waals surface area (Å²) >= 11 is 0. The Bertz CT molecular complexity index is 280. The second-order valence-corrected chi connectivity index (χ2v) is 4.61. The smallest absolute Gasteiger partial charge is 0.146 e. The minimum Gasteiger partial charge on any atom is -0.320 e. The van der Waals surface area contributed by atoms with E-state index in [-0.39, 0.29) is 0 Å². The number of rotatable bonds is 6. The molecule has 4 heteroatoms. The highest BCUT2D eigenvalue weighted by atomic mass is 15.3. The maximum Gasteiger partial charge on any atom is 0.146 e. The topological polar surface area (TPSA) is 42.7 Å². The molecule has 1 aromatic heterocycles. The highest BCUT2D eigenvalue weighted by Crippen LogP contribution is 2.06. The highest BCUT2D eigenvalue weighted by molar-refractivity contribution is 4.83. The zero-order valence-electron chi connectivity index (χ0n) is 10.2. The van der Waals surface area contributed by atoms with Gasteiger partial charge in [0.25, 0.3) is 0 Å². The first kappa shape index (κ1) is 12.2. The summed E-state index contributed by atoms with van der Waals surface area (Å²) in [6.07, 6.45) is 4.22. The van der Waals surface area contributed by atoms with E-state index in [2.05, 4.69) is 36.3 Å². The Morgan fingerprint density at radius 1 is 1.33 bits per heavy atom. The maximum absolute atomic E-state index is 4.03. The van der Waals surface area contributed by atoms with Crippen molar-refractivity contribution in [2.75, 3.05) is 0 Å². The van der Waals surface area contributed by atoms with Crippen molar-refractivity contribution in [3.8, 4) is 0 Å². The first-order valence-electron chi connectivity index (χ1n) is 5.66. The summed E-state index contributed by atoms with van der Waals surface area (Å²) in [4.78, 5) is 0. The summed E-state index contributed by atoms with van der Waals surface area (Å²) < 4.78 is 1.95. The molecule has 0 aliphatic rings. The number of nitrogens with zero attached hydrogens (tertiary/aromatic N) is 3. The van der Waals surface area contributed by atoms with Crippen molar-refractivity contribution < 1.29 is 0 Å². The van der Waals surface area contributed by atoms with Crippen molar-refractivity contribution in [2.45, 2.75) is 46.2 Å². The van der Waals surface area contributed by atoms with Gasteiger partial charge in [-0.05, 0) is 25.7 Å². The first-order valence-corrected chi connectivity index (χ1v) is 5.66. The molecule has 1 N–H and O–H groups in total. The Balaban J connectivity index is 2.22. The molecule has 0 aliphatic heterocycles. The SMILES string of the molecule is CC(C)CCC(C)NCc1nncn1C. The number of aromatic nitrogens is 3. The number of aryl methyl sites for hydroxylation is 1. The van der Waals surface area contributed by atoms with Crippen LogP contribution in [0.4, 0.5) is 0 Å². The molecule has 86 valence electrons. The minimum absolute atomic E-state index is 0.545. The van der Waals surface area contributed by atoms with Crippen LogP contribution in [0.25, 0.3) is 0 Å². The van der Waals surface area contributed by atoms with E-state index < -0.39 is 0 Å². The van der Waals surface area contributed by atoms with E-state index in [1.165, 1.54) is 12.8 Å². The van der Waals surface area contributed by atoms with Crippen molar-refractivity contribution in [2.24, 2.45) is 13.0 Å². The molecule has 0 amide bonds. The van der Waals surface area contributed by atoms with Crippen molar-refractivity contribution in [3.05, 3.63) is 12.2 Å². The van der Waals surface area contributed by atoms with Crippen LogP contribution in [0.5, 0.6) is 0 Å². The molecular weight excluding hydrogens is 188 g/mol. The van der Waals surface area contributed by atoms with Crippen molar-refractivity contribution in [1.82, 2.24) is 20.1 Å². The highest BCUT2D eigenvalue weighted by Gasteiger charge is 2.05. The van der Waals surface area contributed by atoms with Crippen LogP contribution in [0.1, 0.15) is 39.4 Å². The Kier molecular flexibility index (Phi) is 4.75. The second-order valence-electron chi connectivity index (χ2n) is 4.61. The molecule has 0 aromatic carbocycles. The fourth-order valence-corrected chi connectivity index (χ4v) is 1.42. The molecule has 1 rings (SSSR count). The summed E-state index contributed by atoms with van der Waals surface area (Å²) in [5.74, 6) is 1.77. The third-order valence-corrected chi connectivity index (χ3v) is 2.59. The molecule has 15 heavy (non-hydrogen) atoms. The zero-order chi connectivity index (χ0) is 11.3. The third-order valence-electron chi connectivity index (χ3n) is 2.59. The van der Waals surface area contributed by atoms with Gasteiger partial charge in [-0.15, -0.1) is 10.2 Å². The van der Waals surface area contributed by atoms with Crippen LogP contribution in [-0.4, -0.2) is 20.8 Å². The fraction of sp³-hybridized carbons (Fsp3) is 0.818. The summed E-state index contributed by atoms with van der Waals surface area (Å²) in [5.41, 5.74) is 0. The summed E-state index contributed by atoms with van der Waals surface area (Å²) in [7, 11) is 1.97. The van der Waals surface area contributed by atoms with Gasteiger partial charge in [-0.25, -0.2) is 0 Å². The monoisotopic (exact) mass is 210 g/mol. The molecule has 0 fully saturated rings. The van der Waals surface area contributed by atoms with E-state index >= 15 is 0 Å². The molecular formula is C11H22N4. The molecule has 1 aromatic rings. The quantitative estimate of drug-likeness (QED) is 0.777. The molecule has 0 bridgehead atoms. The van der Waals surface area contributed by atoms with Crippen molar-refractivity contribution in [1.29, 1.82) is 0 Å². The minimum atomic E-state index is 0.545. The lowest BCUT2D eigenvalue weighted by molar-refractivity contribution is 0.443. The first-order chi connectivity index (χ1) is 7.09. The van der Waals surface area contributed by atoms with E-state index in [1.807, 2.05) is 11.6 Å². The van der Waals surface area contributed by atoms with E-state index in [1.54, 1.807) is 6.33 Å². The van der Waals surface area contributed by atoms with Gasteiger partial charge < -0.3 is 9.88 Å².